The Morgan fingerprint density at radius 1 is 1.21 bits per heavy atom. The normalized spacial score (nSPS) is 13.0. The molecule has 1 unspecified atom stereocenters. The summed E-state index contributed by atoms with van der Waals surface area (Å²) in [5.41, 5.74) is 0.959. The Balaban J connectivity index is 0.00000118. The zero-order chi connectivity index (χ0) is 18.2. The monoisotopic (exact) mass is 365 g/mol. The van der Waals surface area contributed by atoms with E-state index >= 15 is 0 Å². The number of hydrogen-bond donors (Lipinski definition) is 1. The van der Waals surface area contributed by atoms with Crippen LogP contribution in [0.1, 0.15) is 51.7 Å². The minimum absolute atomic E-state index is 0.446. The summed E-state index contributed by atoms with van der Waals surface area (Å²) < 4.78 is 1.02. The van der Waals surface area contributed by atoms with Crippen molar-refractivity contribution in [1.82, 2.24) is 0 Å². The lowest BCUT2D eigenvalue weighted by Gasteiger charge is -2.12. The third kappa shape index (κ3) is 10.7. The minimum atomic E-state index is -0.446. The third-order valence-electron chi connectivity index (χ3n) is 3.02. The van der Waals surface area contributed by atoms with Crippen LogP contribution in [-0.2, 0) is 0 Å². The maximum Gasteiger partial charge on any atom is 0.128 e. The van der Waals surface area contributed by atoms with E-state index in [-0.39, 0.29) is 0 Å². The highest BCUT2D eigenvalue weighted by Gasteiger charge is 2.10. The number of hydrogen-bond acceptors (Lipinski definition) is 4. The number of aliphatic hydroxyl groups excluding tert-OH is 1. The number of aliphatic imine (C=N–C) groups is 1. The molecule has 0 saturated carbocycles. The van der Waals surface area contributed by atoms with Gasteiger partial charge in [0.25, 0.3) is 0 Å². The van der Waals surface area contributed by atoms with E-state index in [1.807, 2.05) is 43.5 Å². The molecule has 0 aromatic heterocycles. The zero-order valence-electron chi connectivity index (χ0n) is 15.4. The average molecular weight is 366 g/mol. The molecule has 1 rings (SSSR count). The summed E-state index contributed by atoms with van der Waals surface area (Å²) in [5, 5.41) is 10.2. The first-order valence-electron chi connectivity index (χ1n) is 8.43. The van der Waals surface area contributed by atoms with Crippen LogP contribution in [0.5, 0.6) is 0 Å². The van der Waals surface area contributed by atoms with Crippen LogP contribution in [-0.4, -0.2) is 22.3 Å². The number of thioether (sulfide) groups is 2. The molecule has 4 heteroatoms. The van der Waals surface area contributed by atoms with Gasteiger partial charge in [0.05, 0.1) is 6.10 Å². The van der Waals surface area contributed by atoms with Crippen LogP contribution in [0, 0.1) is 0 Å². The minimum Gasteiger partial charge on any atom is -0.388 e. The molecule has 0 radical (unpaired) electrons. The van der Waals surface area contributed by atoms with Gasteiger partial charge in [0.1, 0.15) is 4.38 Å². The zero-order valence-corrected chi connectivity index (χ0v) is 17.0. The van der Waals surface area contributed by atoms with Crippen LogP contribution in [0.15, 0.2) is 59.0 Å². The summed E-state index contributed by atoms with van der Waals surface area (Å²) in [7, 11) is 1.81. The van der Waals surface area contributed by atoms with E-state index < -0.39 is 6.10 Å². The fourth-order valence-electron chi connectivity index (χ4n) is 1.66. The van der Waals surface area contributed by atoms with Gasteiger partial charge in [0, 0.05) is 12.8 Å². The lowest BCUT2D eigenvalue weighted by Crippen LogP contribution is -2.02. The topological polar surface area (TPSA) is 32.6 Å². The lowest BCUT2D eigenvalue weighted by molar-refractivity contribution is 0.204. The van der Waals surface area contributed by atoms with Gasteiger partial charge in [-0.05, 0) is 29.7 Å². The van der Waals surface area contributed by atoms with Crippen LogP contribution in [0.4, 0.5) is 0 Å². The fourth-order valence-corrected chi connectivity index (χ4v) is 3.75. The standard InChI is InChI=1S/C16H23NOS2.C4H8/c1-4-9-14(5-2)20-16(17-3)19-12-15(18)13-10-7-6-8-11-13;1-3-4-2/h6-11,15,18H,4-5,12H2,1-3H3;3H,1,4H2,2H3/b14-9+,17-16?;. The number of aliphatic hydroxyl groups is 1. The van der Waals surface area contributed by atoms with E-state index in [0.29, 0.717) is 5.75 Å². The van der Waals surface area contributed by atoms with Crippen molar-refractivity contribution >= 4 is 27.9 Å². The Bertz CT molecular complexity index is 498. The van der Waals surface area contributed by atoms with Crippen molar-refractivity contribution < 1.29 is 5.11 Å². The Kier molecular flexibility index (Phi) is 14.9. The molecule has 2 nitrogen and oxygen atoms in total. The molecule has 0 saturated heterocycles. The Hall–Kier alpha value is -0.970. The molecule has 1 aromatic carbocycles. The second kappa shape index (κ2) is 15.6. The highest BCUT2D eigenvalue weighted by Crippen LogP contribution is 2.29. The molecule has 24 heavy (non-hydrogen) atoms. The summed E-state index contributed by atoms with van der Waals surface area (Å²) in [5.74, 6) is 0.632. The molecule has 1 N–H and O–H groups in total. The first-order chi connectivity index (χ1) is 11.6. The number of rotatable bonds is 7. The van der Waals surface area contributed by atoms with Crippen LogP contribution in [0.3, 0.4) is 0 Å². The fraction of sp³-hybridized carbons (Fsp3) is 0.450. The van der Waals surface area contributed by atoms with Crippen LogP contribution < -0.4 is 0 Å². The third-order valence-corrected chi connectivity index (χ3v) is 5.61. The van der Waals surface area contributed by atoms with Crippen molar-refractivity contribution in [3.63, 3.8) is 0 Å². The van der Waals surface area contributed by atoms with Crippen molar-refractivity contribution in [2.24, 2.45) is 4.99 Å². The van der Waals surface area contributed by atoms with Crippen LogP contribution in [0.25, 0.3) is 0 Å². The molecule has 0 bridgehead atoms. The number of allylic oxidation sites excluding steroid dienone is 3. The Morgan fingerprint density at radius 3 is 2.29 bits per heavy atom. The molecule has 0 aliphatic heterocycles. The van der Waals surface area contributed by atoms with E-state index in [9.17, 15) is 5.11 Å². The van der Waals surface area contributed by atoms with Crippen molar-refractivity contribution in [1.29, 1.82) is 0 Å². The predicted octanol–water partition coefficient (Wildman–Crippen LogP) is 6.46. The van der Waals surface area contributed by atoms with E-state index in [0.717, 1.165) is 29.2 Å². The quantitative estimate of drug-likeness (QED) is 0.342. The van der Waals surface area contributed by atoms with E-state index in [1.165, 1.54) is 4.91 Å². The predicted molar refractivity (Wildman–Crippen MR) is 114 cm³/mol. The lowest BCUT2D eigenvalue weighted by atomic mass is 10.1. The van der Waals surface area contributed by atoms with E-state index in [1.54, 1.807) is 23.5 Å². The molecule has 0 aliphatic carbocycles. The molecule has 0 fully saturated rings. The van der Waals surface area contributed by atoms with Gasteiger partial charge in [0.2, 0.25) is 0 Å². The summed E-state index contributed by atoms with van der Waals surface area (Å²) in [6, 6.07) is 9.77. The molecule has 0 amide bonds. The molecule has 1 aromatic rings. The summed E-state index contributed by atoms with van der Waals surface area (Å²) in [6.45, 7) is 9.84. The van der Waals surface area contributed by atoms with E-state index in [4.69, 9.17) is 0 Å². The van der Waals surface area contributed by atoms with Crippen molar-refractivity contribution in [2.75, 3.05) is 12.8 Å². The Morgan fingerprint density at radius 2 is 1.83 bits per heavy atom. The summed E-state index contributed by atoms with van der Waals surface area (Å²) in [6.07, 6.45) is 6.83. The van der Waals surface area contributed by atoms with Gasteiger partial charge < -0.3 is 5.11 Å². The van der Waals surface area contributed by atoms with Crippen molar-refractivity contribution in [3.05, 3.63) is 59.5 Å². The molecule has 1 atom stereocenters. The summed E-state index contributed by atoms with van der Waals surface area (Å²) in [4.78, 5) is 5.66. The molecule has 0 heterocycles. The first kappa shape index (κ1) is 23.0. The number of benzene rings is 1. The summed E-state index contributed by atoms with van der Waals surface area (Å²) >= 11 is 3.33. The first-order valence-corrected chi connectivity index (χ1v) is 10.2. The second-order valence-electron chi connectivity index (χ2n) is 4.96. The van der Waals surface area contributed by atoms with Gasteiger partial charge in [-0.25, -0.2) is 0 Å². The molecule has 134 valence electrons. The van der Waals surface area contributed by atoms with Gasteiger partial charge in [-0.1, -0.05) is 86.8 Å². The molecule has 0 aliphatic rings. The molecule has 0 spiro atoms. The maximum absolute atomic E-state index is 10.2. The SMILES string of the molecule is C=CCC.CC/C=C(\CC)SC(=NC)SCC(O)c1ccccc1. The van der Waals surface area contributed by atoms with Crippen LogP contribution >= 0.6 is 23.5 Å². The van der Waals surface area contributed by atoms with Gasteiger partial charge in [-0.15, -0.1) is 6.58 Å². The van der Waals surface area contributed by atoms with Gasteiger partial charge >= 0.3 is 0 Å². The van der Waals surface area contributed by atoms with Gasteiger partial charge in [-0.3, -0.25) is 4.99 Å². The van der Waals surface area contributed by atoms with Crippen LogP contribution in [0.2, 0.25) is 0 Å². The Labute approximate surface area is 156 Å². The highest BCUT2D eigenvalue weighted by atomic mass is 32.2. The average Bonchev–Trinajstić information content (AvgIpc) is 2.64. The molecular formula is C20H31NOS2. The second-order valence-corrected chi connectivity index (χ2v) is 7.34. The number of nitrogens with zero attached hydrogens (tertiary/aromatic N) is 1. The van der Waals surface area contributed by atoms with Crippen molar-refractivity contribution in [2.45, 2.75) is 46.1 Å². The maximum atomic E-state index is 10.2. The highest BCUT2D eigenvalue weighted by molar-refractivity contribution is 8.40. The van der Waals surface area contributed by atoms with Crippen molar-refractivity contribution in [3.8, 4) is 0 Å². The van der Waals surface area contributed by atoms with E-state index in [2.05, 4.69) is 38.4 Å². The van der Waals surface area contributed by atoms with Gasteiger partial charge in [0.15, 0.2) is 0 Å². The smallest absolute Gasteiger partial charge is 0.128 e. The van der Waals surface area contributed by atoms with Gasteiger partial charge in [-0.2, -0.15) is 0 Å². The molecular weight excluding hydrogens is 334 g/mol. The largest absolute Gasteiger partial charge is 0.388 e.